The lowest BCUT2D eigenvalue weighted by atomic mass is 10.0. The second-order valence-corrected chi connectivity index (χ2v) is 6.12. The van der Waals surface area contributed by atoms with E-state index in [2.05, 4.69) is 19.2 Å². The van der Waals surface area contributed by atoms with Gasteiger partial charge in [-0.1, -0.05) is 32.6 Å². The number of nitrogens with one attached hydrogen (secondary N) is 1. The Bertz CT molecular complexity index is 182. The Morgan fingerprint density at radius 3 is 2.12 bits per heavy atom. The number of hydrogen-bond acceptors (Lipinski definition) is 1. The van der Waals surface area contributed by atoms with Crippen LogP contribution in [0.25, 0.3) is 0 Å². The van der Waals surface area contributed by atoms with E-state index >= 15 is 0 Å². The molecule has 1 unspecified atom stereocenters. The monoisotopic (exact) mass is 223 g/mol. The van der Waals surface area contributed by atoms with E-state index in [1.807, 2.05) is 0 Å². The van der Waals surface area contributed by atoms with Crippen molar-refractivity contribution in [1.29, 1.82) is 0 Å². The zero-order valence-electron chi connectivity index (χ0n) is 11.2. The molecule has 2 saturated carbocycles. The molecule has 2 aliphatic carbocycles. The van der Waals surface area contributed by atoms with Crippen LogP contribution in [0.5, 0.6) is 0 Å². The zero-order chi connectivity index (χ0) is 11.4. The van der Waals surface area contributed by atoms with E-state index in [9.17, 15) is 0 Å². The quantitative estimate of drug-likeness (QED) is 0.580. The molecule has 0 aromatic rings. The van der Waals surface area contributed by atoms with E-state index in [1.165, 1.54) is 57.8 Å². The average molecular weight is 223 g/mol. The maximum Gasteiger partial charge on any atom is 0.0126 e. The van der Waals surface area contributed by atoms with Crippen LogP contribution in [0, 0.1) is 11.8 Å². The van der Waals surface area contributed by atoms with Crippen LogP contribution in [0.4, 0.5) is 0 Å². The molecule has 2 rings (SSSR count). The summed E-state index contributed by atoms with van der Waals surface area (Å²) in [5.41, 5.74) is 0. The van der Waals surface area contributed by atoms with Crippen LogP contribution < -0.4 is 5.32 Å². The van der Waals surface area contributed by atoms with E-state index < -0.39 is 0 Å². The standard InChI is InChI=1S/C15H29N/c1-3-4-5-6-7-12(2)16-15(13-8-9-13)14-10-11-14/h12-16H,3-11H2,1-2H3. The number of rotatable bonds is 9. The van der Waals surface area contributed by atoms with E-state index in [-0.39, 0.29) is 0 Å². The fraction of sp³-hybridized carbons (Fsp3) is 1.00. The molecular formula is C15H29N. The third-order valence-corrected chi connectivity index (χ3v) is 4.23. The van der Waals surface area contributed by atoms with Gasteiger partial charge in [0.2, 0.25) is 0 Å². The molecule has 0 heterocycles. The molecule has 0 aliphatic heterocycles. The van der Waals surface area contributed by atoms with Crippen LogP contribution in [0.1, 0.15) is 71.6 Å². The molecule has 0 amide bonds. The average Bonchev–Trinajstić information content (AvgIpc) is 3.15. The van der Waals surface area contributed by atoms with Gasteiger partial charge in [-0.05, 0) is 50.9 Å². The molecule has 0 aromatic carbocycles. The first-order valence-corrected chi connectivity index (χ1v) is 7.57. The molecule has 1 heteroatoms. The summed E-state index contributed by atoms with van der Waals surface area (Å²) >= 11 is 0. The van der Waals surface area contributed by atoms with Gasteiger partial charge in [-0.15, -0.1) is 0 Å². The van der Waals surface area contributed by atoms with Gasteiger partial charge in [-0.3, -0.25) is 0 Å². The largest absolute Gasteiger partial charge is 0.311 e. The van der Waals surface area contributed by atoms with Crippen molar-refractivity contribution < 1.29 is 0 Å². The Hall–Kier alpha value is -0.0400. The van der Waals surface area contributed by atoms with Crippen molar-refractivity contribution in [3.05, 3.63) is 0 Å². The first-order valence-electron chi connectivity index (χ1n) is 7.57. The van der Waals surface area contributed by atoms with E-state index in [1.54, 1.807) is 0 Å². The van der Waals surface area contributed by atoms with Gasteiger partial charge in [0.05, 0.1) is 0 Å². The van der Waals surface area contributed by atoms with Crippen LogP contribution in [0.3, 0.4) is 0 Å². The third-order valence-electron chi connectivity index (χ3n) is 4.23. The van der Waals surface area contributed by atoms with Crippen LogP contribution in [-0.2, 0) is 0 Å². The summed E-state index contributed by atoms with van der Waals surface area (Å²) in [6.45, 7) is 4.68. The first-order chi connectivity index (χ1) is 7.81. The van der Waals surface area contributed by atoms with Gasteiger partial charge in [0.1, 0.15) is 0 Å². The van der Waals surface area contributed by atoms with Gasteiger partial charge in [0.15, 0.2) is 0 Å². The van der Waals surface area contributed by atoms with Crippen LogP contribution in [0.15, 0.2) is 0 Å². The fourth-order valence-electron chi connectivity index (χ4n) is 2.86. The second-order valence-electron chi connectivity index (χ2n) is 6.12. The topological polar surface area (TPSA) is 12.0 Å². The molecule has 1 N–H and O–H groups in total. The van der Waals surface area contributed by atoms with Crippen molar-refractivity contribution in [2.45, 2.75) is 83.7 Å². The lowest BCUT2D eigenvalue weighted by Gasteiger charge is -2.23. The lowest BCUT2D eigenvalue weighted by Crippen LogP contribution is -2.39. The van der Waals surface area contributed by atoms with Crippen molar-refractivity contribution in [1.82, 2.24) is 5.32 Å². The highest BCUT2D eigenvalue weighted by molar-refractivity contribution is 4.97. The van der Waals surface area contributed by atoms with Crippen LogP contribution in [-0.4, -0.2) is 12.1 Å². The molecule has 1 atom stereocenters. The molecule has 0 bridgehead atoms. The summed E-state index contributed by atoms with van der Waals surface area (Å²) in [5.74, 6) is 2.09. The molecule has 0 aromatic heterocycles. The third kappa shape index (κ3) is 4.08. The van der Waals surface area contributed by atoms with Crippen LogP contribution in [0.2, 0.25) is 0 Å². The Labute approximate surface area is 101 Å². The minimum Gasteiger partial charge on any atom is -0.311 e. The van der Waals surface area contributed by atoms with Crippen molar-refractivity contribution >= 4 is 0 Å². The van der Waals surface area contributed by atoms with Crippen molar-refractivity contribution in [2.75, 3.05) is 0 Å². The molecule has 1 nitrogen and oxygen atoms in total. The van der Waals surface area contributed by atoms with E-state index in [0.717, 1.165) is 23.9 Å². The molecular weight excluding hydrogens is 194 g/mol. The zero-order valence-corrected chi connectivity index (χ0v) is 11.2. The highest BCUT2D eigenvalue weighted by Crippen LogP contribution is 2.44. The Morgan fingerprint density at radius 2 is 1.62 bits per heavy atom. The summed E-state index contributed by atoms with van der Waals surface area (Å²) in [4.78, 5) is 0. The van der Waals surface area contributed by atoms with Crippen molar-refractivity contribution in [3.63, 3.8) is 0 Å². The molecule has 16 heavy (non-hydrogen) atoms. The second kappa shape index (κ2) is 6.05. The molecule has 94 valence electrons. The van der Waals surface area contributed by atoms with Crippen LogP contribution >= 0.6 is 0 Å². The minimum absolute atomic E-state index is 0.753. The van der Waals surface area contributed by atoms with Gasteiger partial charge in [-0.2, -0.15) is 0 Å². The molecule has 2 fully saturated rings. The molecule has 0 saturated heterocycles. The molecule has 0 spiro atoms. The minimum atomic E-state index is 0.753. The smallest absolute Gasteiger partial charge is 0.0126 e. The number of hydrogen-bond donors (Lipinski definition) is 1. The van der Waals surface area contributed by atoms with Gasteiger partial charge in [0.25, 0.3) is 0 Å². The summed E-state index contributed by atoms with van der Waals surface area (Å²) in [6, 6.07) is 1.64. The summed E-state index contributed by atoms with van der Waals surface area (Å²) in [7, 11) is 0. The highest BCUT2D eigenvalue weighted by Gasteiger charge is 2.41. The fourth-order valence-corrected chi connectivity index (χ4v) is 2.86. The normalized spacial score (nSPS) is 22.7. The van der Waals surface area contributed by atoms with E-state index in [4.69, 9.17) is 0 Å². The predicted octanol–water partition coefficient (Wildman–Crippen LogP) is 4.12. The van der Waals surface area contributed by atoms with Gasteiger partial charge in [-0.25, -0.2) is 0 Å². The van der Waals surface area contributed by atoms with E-state index in [0.29, 0.717) is 0 Å². The molecule has 0 radical (unpaired) electrons. The lowest BCUT2D eigenvalue weighted by molar-refractivity contribution is 0.355. The Balaban J connectivity index is 1.59. The summed E-state index contributed by atoms with van der Waals surface area (Å²) < 4.78 is 0. The Kier molecular flexibility index (Phi) is 4.69. The van der Waals surface area contributed by atoms with Gasteiger partial charge in [0, 0.05) is 12.1 Å². The summed E-state index contributed by atoms with van der Waals surface area (Å²) in [6.07, 6.45) is 13.0. The van der Waals surface area contributed by atoms with Crippen molar-refractivity contribution in [3.8, 4) is 0 Å². The van der Waals surface area contributed by atoms with Gasteiger partial charge >= 0.3 is 0 Å². The maximum atomic E-state index is 3.92. The maximum absolute atomic E-state index is 3.92. The molecule has 2 aliphatic rings. The number of unbranched alkanes of at least 4 members (excludes halogenated alkanes) is 3. The van der Waals surface area contributed by atoms with Crippen molar-refractivity contribution in [2.24, 2.45) is 11.8 Å². The first kappa shape index (κ1) is 12.4. The summed E-state index contributed by atoms with van der Waals surface area (Å²) in [5, 5.41) is 3.92. The van der Waals surface area contributed by atoms with Gasteiger partial charge < -0.3 is 5.32 Å². The Morgan fingerprint density at radius 1 is 1.00 bits per heavy atom. The SMILES string of the molecule is CCCCCCC(C)NC(C1CC1)C1CC1. The predicted molar refractivity (Wildman–Crippen MR) is 70.6 cm³/mol. The highest BCUT2D eigenvalue weighted by atomic mass is 15.0.